The third-order valence-electron chi connectivity index (χ3n) is 4.70. The first kappa shape index (κ1) is 16.2. The van der Waals surface area contributed by atoms with E-state index < -0.39 is 0 Å². The lowest BCUT2D eigenvalue weighted by Crippen LogP contribution is -2.13. The largest absolute Gasteiger partial charge is 0.272 e. The van der Waals surface area contributed by atoms with E-state index >= 15 is 0 Å². The van der Waals surface area contributed by atoms with Gasteiger partial charge in [-0.3, -0.25) is 9.36 Å². The lowest BCUT2D eigenvalue weighted by molar-refractivity contribution is 0.0961. The van der Waals surface area contributed by atoms with E-state index in [1.54, 1.807) is 18.7 Å². The van der Waals surface area contributed by atoms with E-state index in [2.05, 4.69) is 24.0 Å². The van der Waals surface area contributed by atoms with Crippen molar-refractivity contribution in [1.29, 1.82) is 0 Å². The number of carbonyl (C=O) groups is 1. The van der Waals surface area contributed by atoms with Gasteiger partial charge in [-0.25, -0.2) is 9.97 Å². The van der Waals surface area contributed by atoms with E-state index in [4.69, 9.17) is 4.98 Å². The summed E-state index contributed by atoms with van der Waals surface area (Å²) in [7, 11) is 0. The molecule has 0 spiro atoms. The van der Waals surface area contributed by atoms with Gasteiger partial charge in [0.1, 0.15) is 6.33 Å². The van der Waals surface area contributed by atoms with E-state index in [9.17, 15) is 4.79 Å². The first-order valence-corrected chi connectivity index (χ1v) is 8.70. The van der Waals surface area contributed by atoms with Crippen LogP contribution in [0.15, 0.2) is 67.3 Å². The van der Waals surface area contributed by atoms with E-state index in [1.165, 1.54) is 10.1 Å². The monoisotopic (exact) mass is 341 g/mol. The van der Waals surface area contributed by atoms with Crippen LogP contribution in [0.4, 0.5) is 0 Å². The summed E-state index contributed by atoms with van der Waals surface area (Å²) >= 11 is 0. The summed E-state index contributed by atoms with van der Waals surface area (Å²) in [6.45, 7) is 4.08. The third-order valence-corrected chi connectivity index (χ3v) is 4.70. The maximum Gasteiger partial charge on any atom is 0.264 e. The minimum Gasteiger partial charge on any atom is -0.272 e. The number of carbonyl (C=O) groups excluding carboxylic acids is 1. The fourth-order valence-electron chi connectivity index (χ4n) is 3.29. The first-order chi connectivity index (χ1) is 12.7. The quantitative estimate of drug-likeness (QED) is 0.544. The highest BCUT2D eigenvalue weighted by atomic mass is 16.2. The molecule has 128 valence electrons. The van der Waals surface area contributed by atoms with Crippen LogP contribution in [0.3, 0.4) is 0 Å². The molecule has 2 aromatic heterocycles. The lowest BCUT2D eigenvalue weighted by atomic mass is 9.95. The molecule has 4 heteroatoms. The van der Waals surface area contributed by atoms with Crippen LogP contribution in [0.2, 0.25) is 0 Å². The Hall–Kier alpha value is -3.27. The second kappa shape index (κ2) is 6.56. The van der Waals surface area contributed by atoms with Gasteiger partial charge < -0.3 is 0 Å². The second-order valence-corrected chi connectivity index (χ2v) is 6.31. The summed E-state index contributed by atoms with van der Waals surface area (Å²) < 4.78 is 1.52. The number of hydrogen-bond donors (Lipinski definition) is 0. The van der Waals surface area contributed by atoms with Crippen LogP contribution in [-0.2, 0) is 6.42 Å². The molecule has 4 aromatic rings. The molecule has 2 aromatic carbocycles. The van der Waals surface area contributed by atoms with Crippen molar-refractivity contribution in [2.24, 2.45) is 0 Å². The number of pyridine rings is 1. The van der Waals surface area contributed by atoms with Crippen LogP contribution in [-0.4, -0.2) is 20.4 Å². The highest BCUT2D eigenvalue weighted by Crippen LogP contribution is 2.31. The standard InChI is InChI=1S/C22H19N3O/c1-3-16-9-10-19-18(13-16)20(22(26)25-12-11-23-14-25)15(2)21(24-19)17-7-5-4-6-8-17/h4-14H,3H2,1-2H3. The van der Waals surface area contributed by atoms with Crippen molar-refractivity contribution >= 4 is 16.8 Å². The zero-order valence-corrected chi connectivity index (χ0v) is 14.8. The van der Waals surface area contributed by atoms with Crippen molar-refractivity contribution in [2.45, 2.75) is 20.3 Å². The van der Waals surface area contributed by atoms with Crippen molar-refractivity contribution in [3.63, 3.8) is 0 Å². The smallest absolute Gasteiger partial charge is 0.264 e. The Bertz CT molecular complexity index is 1080. The zero-order valence-electron chi connectivity index (χ0n) is 14.8. The van der Waals surface area contributed by atoms with Gasteiger partial charge in [-0.15, -0.1) is 0 Å². The van der Waals surface area contributed by atoms with Crippen LogP contribution >= 0.6 is 0 Å². The molecule has 0 N–H and O–H groups in total. The van der Waals surface area contributed by atoms with Gasteiger partial charge in [-0.05, 0) is 36.6 Å². The van der Waals surface area contributed by atoms with Crippen molar-refractivity contribution in [3.8, 4) is 11.3 Å². The number of aryl methyl sites for hydroxylation is 1. The summed E-state index contributed by atoms with van der Waals surface area (Å²) in [6.07, 6.45) is 5.75. The molecular weight excluding hydrogens is 322 g/mol. The Morgan fingerprint density at radius 3 is 2.62 bits per heavy atom. The van der Waals surface area contributed by atoms with Gasteiger partial charge in [-0.2, -0.15) is 0 Å². The van der Waals surface area contributed by atoms with Gasteiger partial charge >= 0.3 is 0 Å². The molecule has 0 saturated carbocycles. The van der Waals surface area contributed by atoms with E-state index in [-0.39, 0.29) is 5.91 Å². The molecule has 0 amide bonds. The van der Waals surface area contributed by atoms with E-state index in [0.29, 0.717) is 5.56 Å². The molecule has 26 heavy (non-hydrogen) atoms. The van der Waals surface area contributed by atoms with Crippen LogP contribution in [0.5, 0.6) is 0 Å². The van der Waals surface area contributed by atoms with Crippen molar-refractivity contribution in [2.75, 3.05) is 0 Å². The van der Waals surface area contributed by atoms with Gasteiger partial charge in [0.05, 0.1) is 16.8 Å². The zero-order chi connectivity index (χ0) is 18.1. The average Bonchev–Trinajstić information content (AvgIpc) is 3.22. The number of hydrogen-bond acceptors (Lipinski definition) is 3. The molecule has 0 fully saturated rings. The minimum atomic E-state index is -0.0853. The van der Waals surface area contributed by atoms with Gasteiger partial charge in [0.2, 0.25) is 0 Å². The first-order valence-electron chi connectivity index (χ1n) is 8.70. The molecule has 2 heterocycles. The van der Waals surface area contributed by atoms with Crippen LogP contribution in [0.25, 0.3) is 22.2 Å². The summed E-state index contributed by atoms with van der Waals surface area (Å²) in [6, 6.07) is 16.1. The van der Waals surface area contributed by atoms with E-state index in [1.807, 2.05) is 43.3 Å². The fourth-order valence-corrected chi connectivity index (χ4v) is 3.29. The van der Waals surface area contributed by atoms with Crippen LogP contribution < -0.4 is 0 Å². The normalized spacial score (nSPS) is 11.0. The van der Waals surface area contributed by atoms with Gasteiger partial charge in [0.25, 0.3) is 5.91 Å². The van der Waals surface area contributed by atoms with E-state index in [0.717, 1.165) is 34.1 Å². The summed E-state index contributed by atoms with van der Waals surface area (Å²) in [5.74, 6) is -0.0853. The lowest BCUT2D eigenvalue weighted by Gasteiger charge is -2.15. The summed E-state index contributed by atoms with van der Waals surface area (Å²) in [4.78, 5) is 22.1. The molecular formula is C22H19N3O. The second-order valence-electron chi connectivity index (χ2n) is 6.31. The number of fused-ring (bicyclic) bond motifs is 1. The van der Waals surface area contributed by atoms with Crippen LogP contribution in [0, 0.1) is 6.92 Å². The Morgan fingerprint density at radius 1 is 1.12 bits per heavy atom. The van der Waals surface area contributed by atoms with Crippen molar-refractivity contribution < 1.29 is 4.79 Å². The minimum absolute atomic E-state index is 0.0853. The molecule has 0 bridgehead atoms. The topological polar surface area (TPSA) is 47.8 Å². The molecule has 0 aliphatic carbocycles. The molecule has 0 atom stereocenters. The third kappa shape index (κ3) is 2.69. The maximum absolute atomic E-state index is 13.2. The number of nitrogens with zero attached hydrogens (tertiary/aromatic N) is 3. The molecule has 0 radical (unpaired) electrons. The SMILES string of the molecule is CCc1ccc2nc(-c3ccccc3)c(C)c(C(=O)n3ccnc3)c2c1. The molecule has 0 unspecified atom stereocenters. The van der Waals surface area contributed by atoms with Gasteiger partial charge in [0, 0.05) is 23.3 Å². The highest BCUT2D eigenvalue weighted by Gasteiger charge is 2.20. The Kier molecular flexibility index (Phi) is 4.09. The summed E-state index contributed by atoms with van der Waals surface area (Å²) in [5, 5.41) is 0.889. The van der Waals surface area contributed by atoms with Gasteiger partial charge in [0.15, 0.2) is 0 Å². The van der Waals surface area contributed by atoms with Crippen molar-refractivity contribution in [1.82, 2.24) is 14.5 Å². The maximum atomic E-state index is 13.2. The fraction of sp³-hybridized carbons (Fsp3) is 0.136. The highest BCUT2D eigenvalue weighted by molar-refractivity contribution is 6.09. The Labute approximate surface area is 152 Å². The Balaban J connectivity index is 2.05. The molecule has 0 aliphatic rings. The Morgan fingerprint density at radius 2 is 1.92 bits per heavy atom. The van der Waals surface area contributed by atoms with Crippen molar-refractivity contribution in [3.05, 3.63) is 83.9 Å². The molecule has 0 aliphatic heterocycles. The average molecular weight is 341 g/mol. The number of rotatable bonds is 3. The molecule has 4 rings (SSSR count). The van der Waals surface area contributed by atoms with Gasteiger partial charge in [-0.1, -0.05) is 43.3 Å². The number of aromatic nitrogens is 3. The van der Waals surface area contributed by atoms with Crippen LogP contribution in [0.1, 0.15) is 28.4 Å². The molecule has 0 saturated heterocycles. The summed E-state index contributed by atoms with van der Waals surface area (Å²) in [5.41, 5.74) is 5.43. The number of benzene rings is 2. The number of imidazole rings is 1. The predicted molar refractivity (Wildman–Crippen MR) is 103 cm³/mol. The molecule has 4 nitrogen and oxygen atoms in total. The predicted octanol–water partition coefficient (Wildman–Crippen LogP) is 4.66.